The smallest absolute Gasteiger partial charge is 0.337 e. The summed E-state index contributed by atoms with van der Waals surface area (Å²) in [6.07, 6.45) is 1.27. The summed E-state index contributed by atoms with van der Waals surface area (Å²) in [5.41, 5.74) is 0.323. The van der Waals surface area contributed by atoms with Crippen LogP contribution < -0.4 is 5.56 Å². The van der Waals surface area contributed by atoms with Crippen molar-refractivity contribution in [2.24, 2.45) is 0 Å². The van der Waals surface area contributed by atoms with Crippen LogP contribution in [0.1, 0.15) is 30.1 Å². The Balaban J connectivity index is 1.97. The average Bonchev–Trinajstić information content (AvgIpc) is 3.22. The maximum Gasteiger partial charge on any atom is 0.337 e. The van der Waals surface area contributed by atoms with Crippen LogP contribution >= 0.6 is 11.8 Å². The van der Waals surface area contributed by atoms with Gasteiger partial charge in [0.1, 0.15) is 0 Å². The molecule has 0 bridgehead atoms. The molecule has 1 saturated heterocycles. The van der Waals surface area contributed by atoms with Crippen molar-refractivity contribution in [1.29, 1.82) is 0 Å². The fourth-order valence-electron chi connectivity index (χ4n) is 3.17. The maximum absolute atomic E-state index is 12.9. The topological polar surface area (TPSA) is 102 Å². The number of benzene rings is 1. The molecule has 8 nitrogen and oxygen atoms in total. The molecule has 1 amide bonds. The molecule has 1 aromatic heterocycles. The Morgan fingerprint density at radius 2 is 2.04 bits per heavy atom. The molecule has 1 fully saturated rings. The number of amides is 1. The van der Waals surface area contributed by atoms with E-state index in [0.29, 0.717) is 21.6 Å². The van der Waals surface area contributed by atoms with E-state index in [1.165, 1.54) is 41.6 Å². The van der Waals surface area contributed by atoms with Gasteiger partial charge in [-0.25, -0.2) is 9.78 Å². The predicted molar refractivity (Wildman–Crippen MR) is 106 cm³/mol. The number of hydrogen-bond donors (Lipinski definition) is 1. The van der Waals surface area contributed by atoms with Crippen LogP contribution in [0.25, 0.3) is 10.9 Å². The van der Waals surface area contributed by atoms with E-state index in [2.05, 4.69) is 4.98 Å². The summed E-state index contributed by atoms with van der Waals surface area (Å²) >= 11 is 1.17. The van der Waals surface area contributed by atoms with Crippen LogP contribution in [0.4, 0.5) is 0 Å². The van der Waals surface area contributed by atoms with Gasteiger partial charge in [-0.05, 0) is 38.0 Å². The molecule has 1 aliphatic heterocycles. The summed E-state index contributed by atoms with van der Waals surface area (Å²) in [4.78, 5) is 43.4. The quantitative estimate of drug-likeness (QED) is 0.439. The van der Waals surface area contributed by atoms with E-state index < -0.39 is 12.1 Å². The van der Waals surface area contributed by atoms with Gasteiger partial charge in [0, 0.05) is 13.1 Å². The lowest BCUT2D eigenvalue weighted by molar-refractivity contribution is -0.127. The Morgan fingerprint density at radius 1 is 1.32 bits per heavy atom. The highest BCUT2D eigenvalue weighted by Crippen LogP contribution is 2.21. The standard InChI is InChI=1S/C19H23N3O5S/c1-12(23)10-22-17(25)14-6-5-13(18(26)27-2)9-15(14)20-19(22)28-11-16(24)21-7-3-4-8-21/h5-6,9,12,23H,3-4,7-8,10-11H2,1-2H3. The van der Waals surface area contributed by atoms with Crippen molar-refractivity contribution < 1.29 is 19.4 Å². The van der Waals surface area contributed by atoms with Crippen LogP contribution in [0, 0.1) is 0 Å². The van der Waals surface area contributed by atoms with Crippen LogP contribution in [-0.4, -0.2) is 63.5 Å². The van der Waals surface area contributed by atoms with Gasteiger partial charge in [-0.2, -0.15) is 0 Å². The highest BCUT2D eigenvalue weighted by molar-refractivity contribution is 7.99. The third-order valence-electron chi connectivity index (χ3n) is 4.57. The second kappa shape index (κ2) is 8.74. The highest BCUT2D eigenvalue weighted by atomic mass is 32.2. The second-order valence-corrected chi connectivity index (χ2v) is 7.70. The molecule has 1 unspecified atom stereocenters. The molecule has 3 rings (SSSR count). The fraction of sp³-hybridized carbons (Fsp3) is 0.474. The van der Waals surface area contributed by atoms with Crippen LogP contribution in [0.2, 0.25) is 0 Å². The van der Waals surface area contributed by atoms with Crippen molar-refractivity contribution in [1.82, 2.24) is 14.5 Å². The van der Waals surface area contributed by atoms with E-state index in [4.69, 9.17) is 4.74 Å². The van der Waals surface area contributed by atoms with E-state index >= 15 is 0 Å². The summed E-state index contributed by atoms with van der Waals surface area (Å²) in [5, 5.41) is 10.5. The summed E-state index contributed by atoms with van der Waals surface area (Å²) in [6, 6.07) is 4.54. The lowest BCUT2D eigenvalue weighted by Crippen LogP contribution is -2.31. The molecule has 1 atom stereocenters. The van der Waals surface area contributed by atoms with Crippen molar-refractivity contribution in [2.45, 2.75) is 37.6 Å². The van der Waals surface area contributed by atoms with Gasteiger partial charge in [-0.1, -0.05) is 11.8 Å². The van der Waals surface area contributed by atoms with Crippen molar-refractivity contribution in [3.8, 4) is 0 Å². The molecule has 0 radical (unpaired) electrons. The molecule has 1 aromatic carbocycles. The number of rotatable bonds is 6. The number of esters is 1. The number of fused-ring (bicyclic) bond motifs is 1. The third kappa shape index (κ3) is 4.36. The zero-order chi connectivity index (χ0) is 20.3. The van der Waals surface area contributed by atoms with Gasteiger partial charge in [0.05, 0.1) is 42.0 Å². The summed E-state index contributed by atoms with van der Waals surface area (Å²) in [6.45, 7) is 3.17. The number of aromatic nitrogens is 2. The summed E-state index contributed by atoms with van der Waals surface area (Å²) < 4.78 is 6.10. The number of nitrogens with zero attached hydrogens (tertiary/aromatic N) is 3. The Kier molecular flexibility index (Phi) is 6.35. The van der Waals surface area contributed by atoms with Crippen molar-refractivity contribution in [3.63, 3.8) is 0 Å². The van der Waals surface area contributed by atoms with Crippen LogP contribution in [0.3, 0.4) is 0 Å². The van der Waals surface area contributed by atoms with Gasteiger partial charge in [0.2, 0.25) is 5.91 Å². The molecule has 2 heterocycles. The van der Waals surface area contributed by atoms with Gasteiger partial charge < -0.3 is 14.7 Å². The van der Waals surface area contributed by atoms with Crippen molar-refractivity contribution in [2.75, 3.05) is 26.0 Å². The molecule has 2 aromatic rings. The average molecular weight is 405 g/mol. The molecular formula is C19H23N3O5S. The summed E-state index contributed by atoms with van der Waals surface area (Å²) in [7, 11) is 1.28. The third-order valence-corrected chi connectivity index (χ3v) is 5.53. The van der Waals surface area contributed by atoms with E-state index in [1.807, 2.05) is 0 Å². The fourth-order valence-corrected chi connectivity index (χ4v) is 4.08. The Labute approximate surface area is 166 Å². The minimum atomic E-state index is -0.750. The maximum atomic E-state index is 12.9. The molecule has 0 spiro atoms. The van der Waals surface area contributed by atoms with Crippen LogP contribution in [0.15, 0.2) is 28.2 Å². The van der Waals surface area contributed by atoms with E-state index in [-0.39, 0.29) is 23.8 Å². The highest BCUT2D eigenvalue weighted by Gasteiger charge is 2.20. The normalized spacial score (nSPS) is 15.0. The van der Waals surface area contributed by atoms with E-state index in [0.717, 1.165) is 25.9 Å². The predicted octanol–water partition coefficient (Wildman–Crippen LogP) is 1.28. The number of carbonyl (C=O) groups excluding carboxylic acids is 2. The van der Waals surface area contributed by atoms with E-state index in [1.54, 1.807) is 11.8 Å². The monoisotopic (exact) mass is 405 g/mol. The minimum Gasteiger partial charge on any atom is -0.465 e. The number of carbonyl (C=O) groups is 2. The van der Waals surface area contributed by atoms with Gasteiger partial charge >= 0.3 is 5.97 Å². The molecule has 0 saturated carbocycles. The lowest BCUT2D eigenvalue weighted by atomic mass is 10.1. The minimum absolute atomic E-state index is 0.00348. The Hall–Kier alpha value is -2.39. The van der Waals surface area contributed by atoms with Crippen LogP contribution in [0.5, 0.6) is 0 Å². The van der Waals surface area contributed by atoms with Gasteiger partial charge in [-0.3, -0.25) is 14.2 Å². The van der Waals surface area contributed by atoms with Gasteiger partial charge in [0.15, 0.2) is 5.16 Å². The first kappa shape index (κ1) is 20.3. The van der Waals surface area contributed by atoms with Gasteiger partial charge in [0.25, 0.3) is 5.56 Å². The molecule has 1 aliphatic rings. The van der Waals surface area contributed by atoms with Crippen molar-refractivity contribution in [3.05, 3.63) is 34.1 Å². The zero-order valence-electron chi connectivity index (χ0n) is 15.9. The number of thioether (sulfide) groups is 1. The summed E-state index contributed by atoms with van der Waals surface area (Å²) in [5.74, 6) is -0.354. The number of methoxy groups -OCH3 is 1. The Morgan fingerprint density at radius 3 is 2.68 bits per heavy atom. The van der Waals surface area contributed by atoms with Crippen LogP contribution in [-0.2, 0) is 16.1 Å². The molecule has 0 aliphatic carbocycles. The first-order valence-electron chi connectivity index (χ1n) is 9.12. The number of hydrogen-bond acceptors (Lipinski definition) is 7. The van der Waals surface area contributed by atoms with Crippen molar-refractivity contribution >= 4 is 34.5 Å². The number of aliphatic hydroxyl groups is 1. The molecular weight excluding hydrogens is 382 g/mol. The number of likely N-dealkylation sites (tertiary alicyclic amines) is 1. The number of ether oxygens (including phenoxy) is 1. The SMILES string of the molecule is COC(=O)c1ccc2c(=O)n(CC(C)O)c(SCC(=O)N3CCCC3)nc2c1. The molecule has 9 heteroatoms. The first-order valence-corrected chi connectivity index (χ1v) is 10.1. The largest absolute Gasteiger partial charge is 0.465 e. The first-order chi connectivity index (χ1) is 13.4. The Bertz CT molecular complexity index is 950. The molecule has 28 heavy (non-hydrogen) atoms. The van der Waals surface area contributed by atoms with E-state index in [9.17, 15) is 19.5 Å². The molecule has 150 valence electrons. The second-order valence-electron chi connectivity index (χ2n) is 6.76. The lowest BCUT2D eigenvalue weighted by Gasteiger charge is -2.17. The van der Waals surface area contributed by atoms with Gasteiger partial charge in [-0.15, -0.1) is 0 Å². The molecule has 1 N–H and O–H groups in total. The number of aliphatic hydroxyl groups excluding tert-OH is 1. The zero-order valence-corrected chi connectivity index (χ0v) is 16.7.